The van der Waals surface area contributed by atoms with Gasteiger partial charge in [-0.1, -0.05) is 35.0 Å². The topological polar surface area (TPSA) is 109 Å². The molecule has 0 spiro atoms. The fraction of sp³-hybridized carbons (Fsp3) is 0.190. The zero-order valence-corrected chi connectivity index (χ0v) is 20.5. The molecule has 33 heavy (non-hydrogen) atoms. The van der Waals surface area contributed by atoms with Gasteiger partial charge in [0.05, 0.1) is 22.0 Å². The normalized spacial score (nSPS) is 10.6. The number of hydrazine groups is 1. The Bertz CT molecular complexity index is 1250. The number of halogens is 2. The summed E-state index contributed by atoms with van der Waals surface area (Å²) in [6, 6.07) is 7.93. The molecule has 0 saturated carbocycles. The molecule has 9 nitrogen and oxygen atoms in total. The van der Waals surface area contributed by atoms with Gasteiger partial charge in [0.15, 0.2) is 5.82 Å². The largest absolute Gasteiger partial charge is 0.320 e. The van der Waals surface area contributed by atoms with Crippen LogP contribution in [0.2, 0.25) is 10.0 Å². The Morgan fingerprint density at radius 2 is 1.88 bits per heavy atom. The van der Waals surface area contributed by atoms with Crippen molar-refractivity contribution in [1.82, 2.24) is 25.2 Å². The van der Waals surface area contributed by atoms with Gasteiger partial charge in [0.2, 0.25) is 0 Å². The highest BCUT2D eigenvalue weighted by Gasteiger charge is 2.24. The van der Waals surface area contributed by atoms with Gasteiger partial charge in [-0.3, -0.25) is 24.8 Å². The van der Waals surface area contributed by atoms with Crippen LogP contribution in [0, 0.1) is 13.8 Å². The number of carbonyl (C=O) groups is 3. The van der Waals surface area contributed by atoms with Crippen molar-refractivity contribution in [1.29, 1.82) is 0 Å². The first kappa shape index (κ1) is 24.6. The van der Waals surface area contributed by atoms with Crippen LogP contribution < -0.4 is 10.7 Å². The van der Waals surface area contributed by atoms with Crippen molar-refractivity contribution in [2.75, 3.05) is 18.6 Å². The molecular weight excluding hydrogens is 487 g/mol. The van der Waals surface area contributed by atoms with E-state index in [2.05, 4.69) is 20.8 Å². The molecule has 12 heteroatoms. The number of aryl methyl sites for hydroxylation is 2. The number of thioether (sulfide) groups is 1. The number of aromatic nitrogens is 3. The monoisotopic (exact) mass is 506 g/mol. The Kier molecular flexibility index (Phi) is 7.62. The zero-order chi connectivity index (χ0) is 24.3. The summed E-state index contributed by atoms with van der Waals surface area (Å²) in [5, 5.41) is 8.34. The highest BCUT2D eigenvalue weighted by molar-refractivity contribution is 8.12. The molecule has 0 bridgehead atoms. The summed E-state index contributed by atoms with van der Waals surface area (Å²) in [5.41, 5.74) is 4.09. The van der Waals surface area contributed by atoms with Crippen LogP contribution in [0.4, 0.5) is 10.5 Å². The highest BCUT2D eigenvalue weighted by atomic mass is 35.5. The third-order valence-corrected chi connectivity index (χ3v) is 5.50. The van der Waals surface area contributed by atoms with Gasteiger partial charge in [-0.2, -0.15) is 5.10 Å². The minimum Gasteiger partial charge on any atom is -0.320 e. The second-order valence-electron chi connectivity index (χ2n) is 6.96. The van der Waals surface area contributed by atoms with Crippen molar-refractivity contribution in [2.45, 2.75) is 13.8 Å². The lowest BCUT2D eigenvalue weighted by atomic mass is 10.1. The van der Waals surface area contributed by atoms with Crippen LogP contribution in [-0.2, 0) is 0 Å². The number of rotatable bonds is 4. The fourth-order valence-corrected chi connectivity index (χ4v) is 3.73. The van der Waals surface area contributed by atoms with Crippen LogP contribution in [0.25, 0.3) is 5.82 Å². The molecule has 0 fully saturated rings. The Morgan fingerprint density at radius 3 is 2.55 bits per heavy atom. The number of hydrogen-bond donors (Lipinski definition) is 2. The van der Waals surface area contributed by atoms with Crippen molar-refractivity contribution in [3.05, 3.63) is 69.1 Å². The number of nitrogens with zero attached hydrogens (tertiary/aromatic N) is 4. The van der Waals surface area contributed by atoms with Gasteiger partial charge in [0.25, 0.3) is 17.1 Å². The fourth-order valence-electron chi connectivity index (χ4n) is 3.03. The van der Waals surface area contributed by atoms with Crippen molar-refractivity contribution < 1.29 is 14.4 Å². The Labute approximate surface area is 204 Å². The number of pyridine rings is 1. The summed E-state index contributed by atoms with van der Waals surface area (Å²) in [6.07, 6.45) is 3.13. The molecule has 3 aromatic rings. The predicted molar refractivity (Wildman–Crippen MR) is 129 cm³/mol. The molecule has 0 aliphatic heterocycles. The first-order valence-electron chi connectivity index (χ1n) is 9.54. The molecule has 172 valence electrons. The molecular formula is C21H20Cl2N6O3S. The lowest BCUT2D eigenvalue weighted by Crippen LogP contribution is -2.42. The molecule has 2 aromatic heterocycles. The van der Waals surface area contributed by atoms with Crippen molar-refractivity contribution >= 4 is 57.7 Å². The van der Waals surface area contributed by atoms with Gasteiger partial charge >= 0.3 is 0 Å². The van der Waals surface area contributed by atoms with E-state index in [-0.39, 0.29) is 16.9 Å². The quantitative estimate of drug-likeness (QED) is 0.504. The molecule has 0 atom stereocenters. The maximum absolute atomic E-state index is 13.3. The lowest BCUT2D eigenvalue weighted by molar-refractivity contribution is 0.0745. The van der Waals surface area contributed by atoms with Gasteiger partial charge in [0, 0.05) is 18.3 Å². The Morgan fingerprint density at radius 1 is 1.15 bits per heavy atom. The van der Waals surface area contributed by atoms with Crippen LogP contribution in [0.3, 0.4) is 0 Å². The van der Waals surface area contributed by atoms with Gasteiger partial charge in [-0.15, -0.1) is 0 Å². The van der Waals surface area contributed by atoms with E-state index in [1.165, 1.54) is 17.8 Å². The molecule has 2 N–H and O–H groups in total. The van der Waals surface area contributed by atoms with Gasteiger partial charge in [-0.05, 0) is 56.0 Å². The average molecular weight is 507 g/mol. The highest BCUT2D eigenvalue weighted by Crippen LogP contribution is 2.28. The second kappa shape index (κ2) is 10.2. The van der Waals surface area contributed by atoms with E-state index < -0.39 is 17.1 Å². The van der Waals surface area contributed by atoms with Crippen LogP contribution in [0.15, 0.2) is 36.5 Å². The molecule has 3 amide bonds. The maximum Gasteiger partial charge on any atom is 0.297 e. The van der Waals surface area contributed by atoms with E-state index in [0.29, 0.717) is 27.1 Å². The minimum atomic E-state index is -0.559. The van der Waals surface area contributed by atoms with Crippen molar-refractivity contribution in [2.24, 2.45) is 0 Å². The third-order valence-electron chi connectivity index (χ3n) is 4.52. The summed E-state index contributed by atoms with van der Waals surface area (Å²) in [7, 11) is 1.40. The maximum atomic E-state index is 13.3. The van der Waals surface area contributed by atoms with Crippen LogP contribution in [0.1, 0.15) is 32.1 Å². The second-order valence-corrected chi connectivity index (χ2v) is 8.58. The lowest BCUT2D eigenvalue weighted by Gasteiger charge is -2.21. The first-order valence-corrected chi connectivity index (χ1v) is 11.5. The van der Waals surface area contributed by atoms with E-state index in [9.17, 15) is 14.4 Å². The standard InChI is InChI=1S/C21H20Cl2N6O3S/c1-11-8-13(22)10-14(20(31)28(3)27-21(32)33-4)17(11)25-19(30)16-9-12(2)26-29(16)18-15(23)6-5-7-24-18/h5-10H,1-4H3,(H,25,30)(H,27,32). The third kappa shape index (κ3) is 5.47. The molecule has 0 aliphatic rings. The predicted octanol–water partition coefficient (Wildman–Crippen LogP) is 4.50. The molecule has 1 aromatic carbocycles. The summed E-state index contributed by atoms with van der Waals surface area (Å²) in [5.74, 6) is -0.801. The van der Waals surface area contributed by atoms with E-state index in [1.54, 1.807) is 50.6 Å². The molecule has 0 aliphatic carbocycles. The van der Waals surface area contributed by atoms with Gasteiger partial charge in [-0.25, -0.2) is 9.67 Å². The molecule has 0 radical (unpaired) electrons. The van der Waals surface area contributed by atoms with Crippen LogP contribution >= 0.6 is 35.0 Å². The summed E-state index contributed by atoms with van der Waals surface area (Å²) < 4.78 is 1.34. The SMILES string of the molecule is CSC(=O)NN(C)C(=O)c1cc(Cl)cc(C)c1NC(=O)c1cc(C)nn1-c1ncccc1Cl. The zero-order valence-electron chi connectivity index (χ0n) is 18.1. The first-order chi connectivity index (χ1) is 15.6. The van der Waals surface area contributed by atoms with E-state index in [0.717, 1.165) is 16.8 Å². The number of anilines is 1. The number of benzene rings is 1. The number of hydrogen-bond acceptors (Lipinski definition) is 6. The Balaban J connectivity index is 2.00. The summed E-state index contributed by atoms with van der Waals surface area (Å²) in [6.45, 7) is 3.44. The van der Waals surface area contributed by atoms with Crippen molar-refractivity contribution in [3.63, 3.8) is 0 Å². The van der Waals surface area contributed by atoms with Gasteiger partial charge in [0.1, 0.15) is 5.69 Å². The minimum absolute atomic E-state index is 0.107. The van der Waals surface area contributed by atoms with Gasteiger partial charge < -0.3 is 5.32 Å². The molecule has 0 unspecified atom stereocenters. The van der Waals surface area contributed by atoms with Crippen LogP contribution in [-0.4, -0.2) is 50.1 Å². The van der Waals surface area contributed by atoms with Crippen molar-refractivity contribution in [3.8, 4) is 5.82 Å². The van der Waals surface area contributed by atoms with Crippen LogP contribution in [0.5, 0.6) is 0 Å². The van der Waals surface area contributed by atoms with E-state index >= 15 is 0 Å². The van der Waals surface area contributed by atoms with E-state index in [4.69, 9.17) is 23.2 Å². The molecule has 3 rings (SSSR count). The Hall–Kier alpha value is -3.08. The summed E-state index contributed by atoms with van der Waals surface area (Å²) >= 11 is 13.3. The number of carbonyl (C=O) groups excluding carboxylic acids is 3. The molecule has 2 heterocycles. The van der Waals surface area contributed by atoms with E-state index in [1.807, 2.05) is 0 Å². The number of amides is 3. The average Bonchev–Trinajstić information content (AvgIpc) is 3.16. The number of nitrogens with one attached hydrogen (secondary N) is 2. The molecule has 0 saturated heterocycles. The summed E-state index contributed by atoms with van der Waals surface area (Å²) in [4.78, 5) is 42.2. The smallest absolute Gasteiger partial charge is 0.297 e.